The van der Waals surface area contributed by atoms with Crippen LogP contribution in [0.15, 0.2) is 67.5 Å². The molecule has 1 amide bonds. The Morgan fingerprint density at radius 1 is 0.920 bits per heavy atom. The summed E-state index contributed by atoms with van der Waals surface area (Å²) >= 11 is 0. The molecule has 0 aliphatic carbocycles. The first-order valence-corrected chi connectivity index (χ1v) is 7.55. The van der Waals surface area contributed by atoms with Crippen molar-refractivity contribution in [2.75, 3.05) is 5.32 Å². The van der Waals surface area contributed by atoms with Crippen molar-refractivity contribution in [2.24, 2.45) is 0 Å². The molecule has 0 aliphatic rings. The molecule has 3 aromatic heterocycles. The van der Waals surface area contributed by atoms with Crippen LogP contribution in [0.1, 0.15) is 10.4 Å². The number of fused-ring (bicyclic) bond motifs is 1. The van der Waals surface area contributed by atoms with Crippen LogP contribution in [0.3, 0.4) is 0 Å². The van der Waals surface area contributed by atoms with E-state index in [-0.39, 0.29) is 5.91 Å². The van der Waals surface area contributed by atoms with Crippen LogP contribution >= 0.6 is 0 Å². The van der Waals surface area contributed by atoms with Crippen LogP contribution in [0.2, 0.25) is 0 Å². The van der Waals surface area contributed by atoms with Gasteiger partial charge in [0, 0.05) is 35.7 Å². The van der Waals surface area contributed by atoms with Crippen LogP contribution < -0.4 is 5.32 Å². The molecule has 120 valence electrons. The number of carbonyl (C=O) groups is 1. The predicted octanol–water partition coefficient (Wildman–Crippen LogP) is 2.73. The van der Waals surface area contributed by atoms with Crippen molar-refractivity contribution < 1.29 is 4.79 Å². The van der Waals surface area contributed by atoms with Gasteiger partial charge in [0.25, 0.3) is 5.91 Å². The van der Waals surface area contributed by atoms with E-state index in [0.717, 1.165) is 10.9 Å². The predicted molar refractivity (Wildman–Crippen MR) is 92.8 cm³/mol. The van der Waals surface area contributed by atoms with Gasteiger partial charge in [-0.3, -0.25) is 9.78 Å². The van der Waals surface area contributed by atoms with Crippen LogP contribution in [0.5, 0.6) is 0 Å². The van der Waals surface area contributed by atoms with Gasteiger partial charge in [0.15, 0.2) is 5.82 Å². The molecule has 0 aliphatic heterocycles. The topological polar surface area (TPSA) is 93.6 Å². The van der Waals surface area contributed by atoms with Gasteiger partial charge >= 0.3 is 0 Å². The largest absolute Gasteiger partial charge is 0.306 e. The van der Waals surface area contributed by atoms with Crippen LogP contribution in [-0.4, -0.2) is 30.8 Å². The Morgan fingerprint density at radius 2 is 1.88 bits per heavy atom. The van der Waals surface area contributed by atoms with E-state index in [4.69, 9.17) is 0 Å². The molecular weight excluding hydrogens is 316 g/mol. The smallest absolute Gasteiger partial charge is 0.259 e. The molecule has 0 atom stereocenters. The first kappa shape index (κ1) is 14.8. The maximum Gasteiger partial charge on any atom is 0.259 e. The molecule has 0 saturated heterocycles. The van der Waals surface area contributed by atoms with Crippen molar-refractivity contribution in [2.45, 2.75) is 0 Å². The highest BCUT2D eigenvalue weighted by Gasteiger charge is 2.13. The lowest BCUT2D eigenvalue weighted by molar-refractivity contribution is 0.102. The molecule has 0 fully saturated rings. The Labute approximate surface area is 142 Å². The molecule has 7 heteroatoms. The zero-order valence-electron chi connectivity index (χ0n) is 13.0. The fourth-order valence-electron chi connectivity index (χ4n) is 2.42. The number of carbonyl (C=O) groups excluding carboxylic acids is 1. The number of anilines is 1. The summed E-state index contributed by atoms with van der Waals surface area (Å²) in [6, 6.07) is 10.7. The summed E-state index contributed by atoms with van der Waals surface area (Å²) in [6.07, 6.45) is 8.01. The van der Waals surface area contributed by atoms with Crippen molar-refractivity contribution in [1.82, 2.24) is 24.9 Å². The summed E-state index contributed by atoms with van der Waals surface area (Å²) < 4.78 is 0. The molecule has 25 heavy (non-hydrogen) atoms. The molecule has 0 spiro atoms. The highest BCUT2D eigenvalue weighted by atomic mass is 16.1. The Bertz CT molecular complexity index is 1040. The van der Waals surface area contributed by atoms with Crippen molar-refractivity contribution in [3.63, 3.8) is 0 Å². The minimum atomic E-state index is -0.292. The van der Waals surface area contributed by atoms with Crippen LogP contribution in [0.4, 0.5) is 5.82 Å². The van der Waals surface area contributed by atoms with Crippen LogP contribution in [0.25, 0.3) is 22.3 Å². The SMILES string of the molecule is O=C(Nc1ccncn1)c1cccc2cnc(-c3cccnc3)nc12. The number of benzene rings is 1. The fourth-order valence-corrected chi connectivity index (χ4v) is 2.42. The van der Waals surface area contributed by atoms with E-state index < -0.39 is 0 Å². The first-order valence-electron chi connectivity index (χ1n) is 7.55. The standard InChI is InChI=1S/C18H12N6O/c25-18(23-15-6-8-20-11-22-15)14-5-1-3-12-10-21-17(24-16(12)14)13-4-2-7-19-9-13/h1-11H,(H,20,22,23,25). The quantitative estimate of drug-likeness (QED) is 0.621. The number of hydrogen-bond acceptors (Lipinski definition) is 6. The fraction of sp³-hybridized carbons (Fsp3) is 0. The van der Waals surface area contributed by atoms with Gasteiger partial charge in [0.05, 0.1) is 11.1 Å². The van der Waals surface area contributed by atoms with E-state index in [1.54, 1.807) is 43.0 Å². The van der Waals surface area contributed by atoms with Crippen molar-refractivity contribution >= 4 is 22.6 Å². The number of para-hydroxylation sites is 1. The highest BCUT2D eigenvalue weighted by Crippen LogP contribution is 2.21. The van der Waals surface area contributed by atoms with Gasteiger partial charge in [-0.15, -0.1) is 0 Å². The van der Waals surface area contributed by atoms with E-state index in [9.17, 15) is 4.79 Å². The summed E-state index contributed by atoms with van der Waals surface area (Å²) in [7, 11) is 0. The third-order valence-corrected chi connectivity index (χ3v) is 3.60. The number of amides is 1. The molecule has 1 aromatic carbocycles. The van der Waals surface area contributed by atoms with Crippen LogP contribution in [0, 0.1) is 0 Å². The van der Waals surface area contributed by atoms with Crippen molar-refractivity contribution in [1.29, 1.82) is 0 Å². The molecule has 4 aromatic rings. The monoisotopic (exact) mass is 328 g/mol. The Kier molecular flexibility index (Phi) is 3.80. The summed E-state index contributed by atoms with van der Waals surface area (Å²) in [5.41, 5.74) is 1.81. The first-order chi connectivity index (χ1) is 12.3. The molecule has 0 radical (unpaired) electrons. The molecule has 1 N–H and O–H groups in total. The zero-order valence-corrected chi connectivity index (χ0v) is 13.0. The Hall–Kier alpha value is -3.74. The lowest BCUT2D eigenvalue weighted by Gasteiger charge is -2.08. The maximum absolute atomic E-state index is 12.6. The number of nitrogens with zero attached hydrogens (tertiary/aromatic N) is 5. The minimum absolute atomic E-state index is 0.292. The van der Waals surface area contributed by atoms with Crippen molar-refractivity contribution in [3.8, 4) is 11.4 Å². The van der Waals surface area contributed by atoms with Gasteiger partial charge in [-0.1, -0.05) is 12.1 Å². The summed E-state index contributed by atoms with van der Waals surface area (Å²) in [5.74, 6) is 0.654. The average molecular weight is 328 g/mol. The number of rotatable bonds is 3. The Morgan fingerprint density at radius 3 is 2.68 bits per heavy atom. The van der Waals surface area contributed by atoms with Gasteiger partial charge in [0.1, 0.15) is 12.1 Å². The Balaban J connectivity index is 1.77. The second-order valence-corrected chi connectivity index (χ2v) is 5.23. The number of nitrogens with one attached hydrogen (secondary N) is 1. The van der Waals surface area contributed by atoms with Gasteiger partial charge in [-0.25, -0.2) is 19.9 Å². The highest BCUT2D eigenvalue weighted by molar-refractivity contribution is 6.11. The number of aromatic nitrogens is 5. The van der Waals surface area contributed by atoms with E-state index in [1.807, 2.05) is 18.2 Å². The molecule has 0 bridgehead atoms. The second-order valence-electron chi connectivity index (χ2n) is 5.23. The number of hydrogen-bond donors (Lipinski definition) is 1. The average Bonchev–Trinajstić information content (AvgIpc) is 2.68. The van der Waals surface area contributed by atoms with Crippen molar-refractivity contribution in [3.05, 3.63) is 73.1 Å². The summed E-state index contributed by atoms with van der Waals surface area (Å²) in [6.45, 7) is 0. The summed E-state index contributed by atoms with van der Waals surface area (Å²) in [4.78, 5) is 33.5. The third kappa shape index (κ3) is 3.02. The lowest BCUT2D eigenvalue weighted by Crippen LogP contribution is -2.14. The molecule has 7 nitrogen and oxygen atoms in total. The molecule has 4 rings (SSSR count). The molecular formula is C18H12N6O. The van der Waals surface area contributed by atoms with Gasteiger partial charge < -0.3 is 5.32 Å². The maximum atomic E-state index is 12.6. The normalized spacial score (nSPS) is 10.6. The second kappa shape index (κ2) is 6.40. The lowest BCUT2D eigenvalue weighted by atomic mass is 10.1. The van der Waals surface area contributed by atoms with E-state index >= 15 is 0 Å². The minimum Gasteiger partial charge on any atom is -0.306 e. The molecule has 3 heterocycles. The molecule has 0 unspecified atom stereocenters. The van der Waals surface area contributed by atoms with E-state index in [1.165, 1.54) is 6.33 Å². The zero-order chi connectivity index (χ0) is 17.1. The van der Waals surface area contributed by atoms with E-state index in [2.05, 4.69) is 30.2 Å². The van der Waals surface area contributed by atoms with Crippen LogP contribution in [-0.2, 0) is 0 Å². The van der Waals surface area contributed by atoms with E-state index in [0.29, 0.717) is 22.7 Å². The third-order valence-electron chi connectivity index (χ3n) is 3.60. The van der Waals surface area contributed by atoms with Gasteiger partial charge in [-0.2, -0.15) is 0 Å². The molecule has 0 saturated carbocycles. The summed E-state index contributed by atoms with van der Waals surface area (Å²) in [5, 5.41) is 3.53. The number of pyridine rings is 1. The van der Waals surface area contributed by atoms with Gasteiger partial charge in [-0.05, 0) is 24.3 Å². The van der Waals surface area contributed by atoms with Gasteiger partial charge in [0.2, 0.25) is 0 Å².